The largest absolute Gasteiger partial charge is 0.318 e. The predicted octanol–water partition coefficient (Wildman–Crippen LogP) is 0.190. The van der Waals surface area contributed by atoms with Gasteiger partial charge in [0, 0.05) is 24.5 Å². The molecular formula is C6H12ClN2. The van der Waals surface area contributed by atoms with Crippen molar-refractivity contribution in [2.24, 2.45) is 0 Å². The molecule has 1 aliphatic rings. The Bertz CT molecular complexity index is 85.1. The van der Waals surface area contributed by atoms with Crippen LogP contribution in [0.25, 0.3) is 0 Å². The molecule has 0 aromatic carbocycles. The summed E-state index contributed by atoms with van der Waals surface area (Å²) in [6.07, 6.45) is 1.04. The number of halogens is 1. The van der Waals surface area contributed by atoms with Gasteiger partial charge < -0.3 is 5.32 Å². The Hall–Kier alpha value is 0.210. The van der Waals surface area contributed by atoms with Crippen LogP contribution in [0.3, 0.4) is 0 Å². The normalized spacial score (nSPS) is 35.3. The Morgan fingerprint density at radius 1 is 1.78 bits per heavy atom. The van der Waals surface area contributed by atoms with Crippen LogP contribution in [0.15, 0.2) is 0 Å². The van der Waals surface area contributed by atoms with Gasteiger partial charge in [0.1, 0.15) is 0 Å². The molecule has 1 radical (unpaired) electrons. The van der Waals surface area contributed by atoms with Crippen molar-refractivity contribution < 1.29 is 0 Å². The summed E-state index contributed by atoms with van der Waals surface area (Å²) in [5, 5.41) is 7.68. The first-order valence-corrected chi connectivity index (χ1v) is 3.72. The van der Waals surface area contributed by atoms with Gasteiger partial charge in [0.25, 0.3) is 0 Å². The maximum atomic E-state index is 5.82. The third kappa shape index (κ3) is 2.12. The first kappa shape index (κ1) is 7.32. The van der Waals surface area contributed by atoms with E-state index >= 15 is 0 Å². The maximum absolute atomic E-state index is 5.82. The Kier molecular flexibility index (Phi) is 2.76. The van der Waals surface area contributed by atoms with E-state index in [0.717, 1.165) is 19.5 Å². The van der Waals surface area contributed by atoms with Crippen molar-refractivity contribution in [2.75, 3.05) is 20.1 Å². The molecule has 1 rings (SSSR count). The van der Waals surface area contributed by atoms with E-state index in [-0.39, 0.29) is 0 Å². The monoisotopic (exact) mass is 147 g/mol. The van der Waals surface area contributed by atoms with Gasteiger partial charge >= 0.3 is 0 Å². The second-order valence-corrected chi connectivity index (χ2v) is 3.03. The zero-order chi connectivity index (χ0) is 6.69. The van der Waals surface area contributed by atoms with Gasteiger partial charge in [-0.05, 0) is 13.5 Å². The van der Waals surface area contributed by atoms with Gasteiger partial charge in [0.2, 0.25) is 0 Å². The number of rotatable bonds is 2. The topological polar surface area (TPSA) is 26.1 Å². The van der Waals surface area contributed by atoms with Crippen LogP contribution in [0, 0.1) is 0 Å². The maximum Gasteiger partial charge on any atom is 0.0493 e. The molecule has 0 aromatic heterocycles. The number of nitrogens with zero attached hydrogens (tertiary/aromatic N) is 1. The highest BCUT2D eigenvalue weighted by molar-refractivity contribution is 6.21. The molecule has 1 fully saturated rings. The summed E-state index contributed by atoms with van der Waals surface area (Å²) in [4.78, 5) is 0. The molecule has 2 unspecified atom stereocenters. The third-order valence-electron chi connectivity index (χ3n) is 1.53. The minimum atomic E-state index is 0.295. The molecule has 0 aliphatic carbocycles. The van der Waals surface area contributed by atoms with Crippen molar-refractivity contribution in [2.45, 2.75) is 17.8 Å². The fourth-order valence-electron chi connectivity index (χ4n) is 1.09. The SMILES string of the molecule is CNCC1CC(Cl)C[N]1. The van der Waals surface area contributed by atoms with Crippen LogP contribution in [0.1, 0.15) is 6.42 Å². The first-order valence-electron chi connectivity index (χ1n) is 3.28. The van der Waals surface area contributed by atoms with E-state index in [9.17, 15) is 0 Å². The van der Waals surface area contributed by atoms with Gasteiger partial charge in [-0.1, -0.05) is 0 Å². The van der Waals surface area contributed by atoms with E-state index in [1.165, 1.54) is 0 Å². The van der Waals surface area contributed by atoms with E-state index in [4.69, 9.17) is 11.6 Å². The highest BCUT2D eigenvalue weighted by atomic mass is 35.5. The first-order chi connectivity index (χ1) is 4.33. The summed E-state index contributed by atoms with van der Waals surface area (Å²) in [6.45, 7) is 1.82. The Morgan fingerprint density at radius 3 is 3.00 bits per heavy atom. The molecule has 1 saturated heterocycles. The summed E-state index contributed by atoms with van der Waals surface area (Å²) in [6, 6.07) is 0.470. The van der Waals surface area contributed by atoms with Crippen molar-refractivity contribution in [1.82, 2.24) is 10.6 Å². The standard InChI is InChI=1S/C6H12ClN2/c1-8-4-6-2-5(7)3-9-6/h5-6,8H,2-4H2,1H3. The van der Waals surface area contributed by atoms with Gasteiger partial charge in [0.05, 0.1) is 0 Å². The number of alkyl halides is 1. The smallest absolute Gasteiger partial charge is 0.0493 e. The summed E-state index contributed by atoms with van der Waals surface area (Å²) < 4.78 is 0. The lowest BCUT2D eigenvalue weighted by Gasteiger charge is -2.05. The van der Waals surface area contributed by atoms with Gasteiger partial charge in [-0.25, -0.2) is 5.32 Å². The average molecular weight is 148 g/mol. The number of hydrogen-bond acceptors (Lipinski definition) is 1. The number of hydrogen-bond donors (Lipinski definition) is 1. The highest BCUT2D eigenvalue weighted by Crippen LogP contribution is 2.12. The van der Waals surface area contributed by atoms with Crippen molar-refractivity contribution in [3.8, 4) is 0 Å². The van der Waals surface area contributed by atoms with Crippen LogP contribution < -0.4 is 10.6 Å². The van der Waals surface area contributed by atoms with Crippen molar-refractivity contribution in [3.05, 3.63) is 0 Å². The van der Waals surface area contributed by atoms with Gasteiger partial charge in [-0.15, -0.1) is 11.6 Å². The fraction of sp³-hybridized carbons (Fsp3) is 1.00. The van der Waals surface area contributed by atoms with Crippen LogP contribution in [0.2, 0.25) is 0 Å². The van der Waals surface area contributed by atoms with Crippen molar-refractivity contribution in [1.29, 1.82) is 0 Å². The number of nitrogens with one attached hydrogen (secondary N) is 1. The minimum Gasteiger partial charge on any atom is -0.318 e. The Morgan fingerprint density at radius 2 is 2.56 bits per heavy atom. The summed E-state index contributed by atoms with van der Waals surface area (Å²) >= 11 is 5.82. The van der Waals surface area contributed by atoms with Crippen LogP contribution in [0.4, 0.5) is 0 Å². The molecule has 0 saturated carbocycles. The van der Waals surface area contributed by atoms with Crippen molar-refractivity contribution in [3.63, 3.8) is 0 Å². The average Bonchev–Trinajstić information content (AvgIpc) is 2.17. The van der Waals surface area contributed by atoms with Gasteiger partial charge in [-0.3, -0.25) is 0 Å². The zero-order valence-electron chi connectivity index (χ0n) is 5.60. The van der Waals surface area contributed by atoms with Gasteiger partial charge in [-0.2, -0.15) is 0 Å². The van der Waals surface area contributed by atoms with Crippen LogP contribution in [-0.4, -0.2) is 31.6 Å². The molecule has 2 nitrogen and oxygen atoms in total. The molecule has 9 heavy (non-hydrogen) atoms. The van der Waals surface area contributed by atoms with E-state index < -0.39 is 0 Å². The molecule has 3 heteroatoms. The number of likely N-dealkylation sites (N-methyl/N-ethyl adjacent to an activating group) is 1. The highest BCUT2D eigenvalue weighted by Gasteiger charge is 2.22. The van der Waals surface area contributed by atoms with Gasteiger partial charge in [0.15, 0.2) is 0 Å². The summed E-state index contributed by atoms with van der Waals surface area (Å²) in [7, 11) is 1.94. The zero-order valence-corrected chi connectivity index (χ0v) is 6.36. The van der Waals surface area contributed by atoms with E-state index in [1.54, 1.807) is 0 Å². The van der Waals surface area contributed by atoms with Crippen LogP contribution in [-0.2, 0) is 0 Å². The Balaban J connectivity index is 2.14. The Labute approximate surface area is 61.0 Å². The lowest BCUT2D eigenvalue weighted by atomic mass is 10.2. The lowest BCUT2D eigenvalue weighted by Crippen LogP contribution is -2.27. The molecule has 0 bridgehead atoms. The quantitative estimate of drug-likeness (QED) is 0.555. The molecule has 1 N–H and O–H groups in total. The lowest BCUT2D eigenvalue weighted by molar-refractivity contribution is 0.560. The second-order valence-electron chi connectivity index (χ2n) is 2.41. The molecule has 0 aromatic rings. The molecular weight excluding hydrogens is 136 g/mol. The molecule has 1 heterocycles. The third-order valence-corrected chi connectivity index (χ3v) is 1.85. The molecule has 0 amide bonds. The molecule has 53 valence electrons. The van der Waals surface area contributed by atoms with E-state index in [2.05, 4.69) is 10.6 Å². The molecule has 0 spiro atoms. The minimum absolute atomic E-state index is 0.295. The summed E-state index contributed by atoms with van der Waals surface area (Å²) in [5.74, 6) is 0. The van der Waals surface area contributed by atoms with E-state index in [0.29, 0.717) is 11.4 Å². The predicted molar refractivity (Wildman–Crippen MR) is 39.0 cm³/mol. The molecule has 2 atom stereocenters. The van der Waals surface area contributed by atoms with Crippen LogP contribution >= 0.6 is 11.6 Å². The van der Waals surface area contributed by atoms with E-state index in [1.807, 2.05) is 7.05 Å². The molecule has 1 aliphatic heterocycles. The van der Waals surface area contributed by atoms with Crippen LogP contribution in [0.5, 0.6) is 0 Å². The fourth-order valence-corrected chi connectivity index (χ4v) is 1.38. The second kappa shape index (κ2) is 3.40. The summed E-state index contributed by atoms with van der Waals surface area (Å²) in [5.41, 5.74) is 0. The van der Waals surface area contributed by atoms with Crippen molar-refractivity contribution >= 4 is 11.6 Å².